The molecule has 0 aromatic heterocycles. The van der Waals surface area contributed by atoms with Crippen LogP contribution in [-0.4, -0.2) is 125 Å². The van der Waals surface area contributed by atoms with Crippen molar-refractivity contribution in [3.63, 3.8) is 0 Å². The van der Waals surface area contributed by atoms with E-state index in [1.807, 2.05) is 5.01 Å². The summed E-state index contributed by atoms with van der Waals surface area (Å²) >= 11 is 6.27. The predicted octanol–water partition coefficient (Wildman–Crippen LogP) is -2.38. The summed E-state index contributed by atoms with van der Waals surface area (Å²) in [6, 6.07) is 1.02. The number of alkyl halides is 1. The van der Waals surface area contributed by atoms with E-state index in [-0.39, 0.29) is 29.4 Å². The van der Waals surface area contributed by atoms with E-state index in [4.69, 9.17) is 17.3 Å². The maximum absolute atomic E-state index is 13.4. The molecule has 33 heavy (non-hydrogen) atoms. The zero-order valence-corrected chi connectivity index (χ0v) is 20.8. The van der Waals surface area contributed by atoms with Gasteiger partial charge in [0.1, 0.15) is 0 Å². The monoisotopic (exact) mass is 502 g/mol. The molecular formula is C21H39ClN8O2S. The van der Waals surface area contributed by atoms with Gasteiger partial charge in [0.05, 0.1) is 29.7 Å². The van der Waals surface area contributed by atoms with Gasteiger partial charge in [-0.3, -0.25) is 24.1 Å². The molecule has 0 radical (unpaired) electrons. The number of hydrazine groups is 1. The lowest BCUT2D eigenvalue weighted by atomic mass is 9.93. The average molecular weight is 503 g/mol. The van der Waals surface area contributed by atoms with Crippen molar-refractivity contribution in [3.8, 4) is 0 Å². The molecule has 188 valence electrons. The Hall–Kier alpha value is -0.370. The topological polar surface area (TPSA) is 118 Å². The minimum atomic E-state index is -0.622. The lowest BCUT2D eigenvalue weighted by molar-refractivity contribution is -0.128. The van der Waals surface area contributed by atoms with Crippen LogP contribution in [-0.2, 0) is 15.6 Å². The summed E-state index contributed by atoms with van der Waals surface area (Å²) in [6.45, 7) is 7.17. The molecule has 0 saturated carbocycles. The van der Waals surface area contributed by atoms with Gasteiger partial charge in [-0.2, -0.15) is 0 Å². The van der Waals surface area contributed by atoms with Gasteiger partial charge in [-0.1, -0.05) is 0 Å². The van der Waals surface area contributed by atoms with Crippen LogP contribution in [0.15, 0.2) is 0 Å². The normalized spacial score (nSPS) is 40.5. The quantitative estimate of drug-likeness (QED) is 0.268. The Morgan fingerprint density at radius 3 is 2.58 bits per heavy atom. The van der Waals surface area contributed by atoms with Gasteiger partial charge >= 0.3 is 0 Å². The Morgan fingerprint density at radius 2 is 1.82 bits per heavy atom. The van der Waals surface area contributed by atoms with Crippen LogP contribution in [0.25, 0.3) is 0 Å². The van der Waals surface area contributed by atoms with Crippen molar-refractivity contribution in [2.24, 2.45) is 11.7 Å². The lowest BCUT2D eigenvalue weighted by Gasteiger charge is -2.46. The minimum Gasteiger partial charge on any atom is -0.350 e. The minimum absolute atomic E-state index is 0.00435. The van der Waals surface area contributed by atoms with E-state index >= 15 is 0 Å². The third-order valence-corrected chi connectivity index (χ3v) is 9.66. The van der Waals surface area contributed by atoms with Crippen molar-refractivity contribution in [3.05, 3.63) is 0 Å². The van der Waals surface area contributed by atoms with Crippen LogP contribution in [0, 0.1) is 5.92 Å². The van der Waals surface area contributed by atoms with E-state index in [2.05, 4.69) is 31.2 Å². The number of nitrogens with two attached hydrogens (primary N) is 1. The number of piperidine rings is 2. The van der Waals surface area contributed by atoms with Gasteiger partial charge in [0, 0.05) is 80.2 Å². The molecule has 10 nitrogen and oxygen atoms in total. The number of fused-ring (bicyclic) bond motifs is 1. The van der Waals surface area contributed by atoms with Gasteiger partial charge in [-0.25, -0.2) is 10.4 Å². The second-order valence-electron chi connectivity index (χ2n) is 10.1. The van der Waals surface area contributed by atoms with Gasteiger partial charge < -0.3 is 16.4 Å². The van der Waals surface area contributed by atoms with E-state index in [0.717, 1.165) is 70.0 Å². The van der Waals surface area contributed by atoms with E-state index in [1.165, 1.54) is 0 Å². The molecule has 5 aliphatic heterocycles. The second-order valence-corrected chi connectivity index (χ2v) is 12.4. The molecule has 6 atom stereocenters. The highest BCUT2D eigenvalue weighted by molar-refractivity contribution is 7.85. The van der Waals surface area contributed by atoms with Crippen molar-refractivity contribution in [2.75, 3.05) is 63.9 Å². The number of carbonyl (C=O) groups excluding carboxylic acids is 1. The summed E-state index contributed by atoms with van der Waals surface area (Å²) in [4.78, 5) is 18.5. The number of carbonyl (C=O) groups is 1. The highest BCUT2D eigenvalue weighted by Crippen LogP contribution is 2.25. The zero-order valence-electron chi connectivity index (χ0n) is 19.3. The number of nitrogens with zero attached hydrogens (tertiary/aromatic N) is 3. The summed E-state index contributed by atoms with van der Waals surface area (Å²) in [6.07, 6.45) is 2.79. The van der Waals surface area contributed by atoms with Gasteiger partial charge in [-0.05, 0) is 25.8 Å². The van der Waals surface area contributed by atoms with Crippen LogP contribution in [0.2, 0.25) is 0 Å². The first-order chi connectivity index (χ1) is 16.0. The molecule has 6 unspecified atom stereocenters. The third-order valence-electron chi connectivity index (χ3n) is 8.09. The van der Waals surface area contributed by atoms with Crippen molar-refractivity contribution in [1.29, 1.82) is 0 Å². The van der Waals surface area contributed by atoms with Crippen LogP contribution in [0.1, 0.15) is 19.3 Å². The molecule has 1 amide bonds. The van der Waals surface area contributed by atoms with Gasteiger partial charge in [0.2, 0.25) is 5.91 Å². The van der Waals surface area contributed by atoms with Crippen molar-refractivity contribution >= 4 is 28.3 Å². The Balaban J connectivity index is 1.17. The van der Waals surface area contributed by atoms with Crippen LogP contribution in [0.5, 0.6) is 0 Å². The maximum atomic E-state index is 13.4. The molecule has 0 aromatic rings. The SMILES string of the molecule is NC1NN2CC(Cl)CNC2C1C(=O)NC1CNCCC1N1CCC(N2CCS(=O)CC2)CC1. The van der Waals surface area contributed by atoms with Gasteiger partial charge in [0.25, 0.3) is 0 Å². The summed E-state index contributed by atoms with van der Waals surface area (Å²) in [5.74, 6) is 1.30. The van der Waals surface area contributed by atoms with Gasteiger partial charge in [0.15, 0.2) is 0 Å². The first-order valence-electron chi connectivity index (χ1n) is 12.5. The summed E-state index contributed by atoms with van der Waals surface area (Å²) in [7, 11) is -0.622. The molecule has 0 bridgehead atoms. The largest absolute Gasteiger partial charge is 0.350 e. The number of halogens is 1. The predicted molar refractivity (Wildman–Crippen MR) is 130 cm³/mol. The Bertz CT molecular complexity index is 716. The lowest BCUT2D eigenvalue weighted by Crippen LogP contribution is -2.64. The molecule has 5 fully saturated rings. The number of amides is 1. The van der Waals surface area contributed by atoms with Gasteiger partial charge in [-0.15, -0.1) is 11.6 Å². The summed E-state index contributed by atoms with van der Waals surface area (Å²) < 4.78 is 11.7. The van der Waals surface area contributed by atoms with Crippen molar-refractivity contribution < 1.29 is 9.00 Å². The summed E-state index contributed by atoms with van der Waals surface area (Å²) in [5.41, 5.74) is 9.54. The zero-order chi connectivity index (χ0) is 22.9. The van der Waals surface area contributed by atoms with Crippen LogP contribution in [0.3, 0.4) is 0 Å². The van der Waals surface area contributed by atoms with Crippen LogP contribution < -0.4 is 27.1 Å². The molecule has 12 heteroatoms. The molecule has 0 spiro atoms. The van der Waals surface area contributed by atoms with E-state index < -0.39 is 17.0 Å². The van der Waals surface area contributed by atoms with Crippen LogP contribution in [0.4, 0.5) is 0 Å². The molecule has 6 N–H and O–H groups in total. The Kier molecular flexibility index (Phi) is 7.90. The molecule has 0 aliphatic carbocycles. The Morgan fingerprint density at radius 1 is 1.06 bits per heavy atom. The highest BCUT2D eigenvalue weighted by atomic mass is 35.5. The highest BCUT2D eigenvalue weighted by Gasteiger charge is 2.47. The molecule has 0 aromatic carbocycles. The first-order valence-corrected chi connectivity index (χ1v) is 14.4. The second kappa shape index (κ2) is 10.7. The number of nitrogens with one attached hydrogen (secondary N) is 4. The maximum Gasteiger partial charge on any atom is 0.229 e. The molecule has 5 rings (SSSR count). The number of rotatable bonds is 4. The number of hydrogen-bond acceptors (Lipinski definition) is 9. The molecule has 5 aliphatic rings. The van der Waals surface area contributed by atoms with E-state index in [9.17, 15) is 9.00 Å². The standard InChI is InChI=1S/C21H39ClN8O2S/c22-14-11-25-20-18(19(23)27-30(20)13-14)21(31)26-16-12-24-4-1-17(16)29-5-2-15(3-6-29)28-7-9-33(32)10-8-28/h14-20,24-25,27H,1-13,23H2,(H,26,31). The fourth-order valence-corrected chi connectivity index (χ4v) is 7.60. The number of likely N-dealkylation sites (tertiary alicyclic amines) is 1. The molecule has 5 saturated heterocycles. The fraction of sp³-hybridized carbons (Fsp3) is 0.952. The molecular weight excluding hydrogens is 464 g/mol. The fourth-order valence-electron chi connectivity index (χ4n) is 6.29. The molecule has 5 heterocycles. The van der Waals surface area contributed by atoms with Crippen LogP contribution >= 0.6 is 11.6 Å². The third kappa shape index (κ3) is 5.41. The smallest absolute Gasteiger partial charge is 0.229 e. The average Bonchev–Trinajstić information content (AvgIpc) is 3.15. The first kappa shape index (κ1) is 24.3. The number of hydrogen-bond donors (Lipinski definition) is 5. The van der Waals surface area contributed by atoms with Crippen molar-refractivity contribution in [1.82, 2.24) is 36.2 Å². The van der Waals surface area contributed by atoms with E-state index in [0.29, 0.717) is 25.2 Å². The Labute approximate surface area is 204 Å². The van der Waals surface area contributed by atoms with E-state index in [1.54, 1.807) is 0 Å². The van der Waals surface area contributed by atoms with Crippen molar-refractivity contribution in [2.45, 2.75) is 55.1 Å². The summed E-state index contributed by atoms with van der Waals surface area (Å²) in [5, 5.41) is 12.2.